The van der Waals surface area contributed by atoms with Crippen LogP contribution in [0, 0.1) is 0 Å². The molecule has 3 nitrogen and oxygen atoms in total. The second-order valence-corrected chi connectivity index (χ2v) is 4.70. The van der Waals surface area contributed by atoms with Crippen molar-refractivity contribution in [2.24, 2.45) is 0 Å². The molecule has 0 amide bonds. The molecule has 0 atom stereocenters. The number of carbonyl (C=O) groups is 1. The molecule has 3 heteroatoms. The highest BCUT2D eigenvalue weighted by molar-refractivity contribution is 6.01. The first-order valence-corrected chi connectivity index (χ1v) is 6.67. The van der Waals surface area contributed by atoms with E-state index < -0.39 is 0 Å². The summed E-state index contributed by atoms with van der Waals surface area (Å²) in [5.74, 6) is -0.312. The quantitative estimate of drug-likeness (QED) is 0.628. The topological polar surface area (TPSA) is 29.5 Å². The molecule has 0 N–H and O–H groups in total. The van der Waals surface area contributed by atoms with Crippen molar-refractivity contribution in [1.29, 1.82) is 0 Å². The Morgan fingerprint density at radius 3 is 2.50 bits per heavy atom. The lowest BCUT2D eigenvalue weighted by molar-refractivity contribution is -0.137. The first-order chi connectivity index (χ1) is 9.63. The minimum atomic E-state index is -0.312. The van der Waals surface area contributed by atoms with E-state index in [1.807, 2.05) is 32.3 Å². The van der Waals surface area contributed by atoms with Crippen LogP contribution in [0.5, 0.6) is 0 Å². The van der Waals surface area contributed by atoms with Gasteiger partial charge in [-0.1, -0.05) is 30.3 Å². The Hall–Kier alpha value is -2.29. The predicted octanol–water partition coefficient (Wildman–Crippen LogP) is 3.48. The lowest BCUT2D eigenvalue weighted by atomic mass is 10.0. The van der Waals surface area contributed by atoms with Gasteiger partial charge in [-0.25, -0.2) is 4.79 Å². The third-order valence-corrected chi connectivity index (χ3v) is 3.10. The summed E-state index contributed by atoms with van der Waals surface area (Å²) >= 11 is 0. The van der Waals surface area contributed by atoms with Gasteiger partial charge in [0.1, 0.15) is 0 Å². The van der Waals surface area contributed by atoms with E-state index in [0.29, 0.717) is 6.61 Å². The molecule has 104 valence electrons. The van der Waals surface area contributed by atoms with Crippen LogP contribution in [0.4, 0.5) is 5.69 Å². The average Bonchev–Trinajstić information content (AvgIpc) is 2.44. The molecule has 0 bridgehead atoms. The third-order valence-electron chi connectivity index (χ3n) is 3.10. The molecule has 0 heterocycles. The molecule has 2 rings (SSSR count). The van der Waals surface area contributed by atoms with Crippen LogP contribution in [0.2, 0.25) is 0 Å². The first-order valence-electron chi connectivity index (χ1n) is 6.67. The van der Waals surface area contributed by atoms with Gasteiger partial charge in [0.15, 0.2) is 0 Å². The Morgan fingerprint density at radius 1 is 1.15 bits per heavy atom. The van der Waals surface area contributed by atoms with Gasteiger partial charge in [-0.2, -0.15) is 0 Å². The average molecular weight is 269 g/mol. The van der Waals surface area contributed by atoms with Crippen molar-refractivity contribution in [3.63, 3.8) is 0 Å². The number of benzene rings is 2. The van der Waals surface area contributed by atoms with E-state index in [1.165, 1.54) is 11.5 Å². The molecular formula is C17H19NO2. The maximum Gasteiger partial charge on any atom is 0.330 e. The largest absolute Gasteiger partial charge is 0.463 e. The Morgan fingerprint density at radius 2 is 1.85 bits per heavy atom. The normalized spacial score (nSPS) is 10.9. The van der Waals surface area contributed by atoms with E-state index in [1.54, 1.807) is 13.0 Å². The number of hydrogen-bond donors (Lipinski definition) is 0. The van der Waals surface area contributed by atoms with Crippen molar-refractivity contribution in [3.05, 3.63) is 48.0 Å². The second kappa shape index (κ2) is 6.24. The summed E-state index contributed by atoms with van der Waals surface area (Å²) in [6.45, 7) is 2.19. The minimum absolute atomic E-state index is 0.312. The number of carbonyl (C=O) groups excluding carboxylic acids is 1. The van der Waals surface area contributed by atoms with E-state index >= 15 is 0 Å². The van der Waals surface area contributed by atoms with Crippen LogP contribution in [0.1, 0.15) is 12.5 Å². The van der Waals surface area contributed by atoms with Crippen LogP contribution in [0.3, 0.4) is 0 Å². The van der Waals surface area contributed by atoms with Crippen LogP contribution in [0.25, 0.3) is 16.8 Å². The number of hydrogen-bond acceptors (Lipinski definition) is 3. The third kappa shape index (κ3) is 2.99. The highest BCUT2D eigenvalue weighted by atomic mass is 16.5. The number of rotatable bonds is 4. The molecule has 0 unspecified atom stereocenters. The molecule has 2 aromatic carbocycles. The fraction of sp³-hybridized carbons (Fsp3) is 0.235. The molecule has 0 saturated heterocycles. The smallest absolute Gasteiger partial charge is 0.330 e. The van der Waals surface area contributed by atoms with Crippen molar-refractivity contribution in [3.8, 4) is 0 Å². The highest BCUT2D eigenvalue weighted by Crippen LogP contribution is 2.29. The molecular weight excluding hydrogens is 250 g/mol. The lowest BCUT2D eigenvalue weighted by Crippen LogP contribution is -2.09. The maximum atomic E-state index is 11.4. The van der Waals surface area contributed by atoms with Crippen LogP contribution < -0.4 is 4.90 Å². The summed E-state index contributed by atoms with van der Waals surface area (Å²) < 4.78 is 4.90. The van der Waals surface area contributed by atoms with E-state index in [-0.39, 0.29) is 5.97 Å². The molecule has 0 saturated carbocycles. The molecule has 0 aliphatic carbocycles. The van der Waals surface area contributed by atoms with Crippen LogP contribution in [-0.4, -0.2) is 26.7 Å². The minimum Gasteiger partial charge on any atom is -0.463 e. The lowest BCUT2D eigenvalue weighted by Gasteiger charge is -2.16. The number of anilines is 1. The number of fused-ring (bicyclic) bond motifs is 1. The zero-order chi connectivity index (χ0) is 14.5. The van der Waals surface area contributed by atoms with Crippen molar-refractivity contribution in [2.45, 2.75) is 6.92 Å². The van der Waals surface area contributed by atoms with Gasteiger partial charge in [-0.05, 0) is 30.0 Å². The molecule has 0 aliphatic rings. The second-order valence-electron chi connectivity index (χ2n) is 4.70. The SMILES string of the molecule is CCOC(=O)/C=C/c1ccc(N(C)C)c2ccccc12. The van der Waals surface area contributed by atoms with E-state index in [9.17, 15) is 4.79 Å². The van der Waals surface area contributed by atoms with E-state index in [4.69, 9.17) is 4.74 Å². The Labute approximate surface area is 119 Å². The summed E-state index contributed by atoms with van der Waals surface area (Å²) in [5.41, 5.74) is 2.17. The van der Waals surface area contributed by atoms with Crippen LogP contribution >= 0.6 is 0 Å². The Kier molecular flexibility index (Phi) is 4.41. The van der Waals surface area contributed by atoms with Gasteiger partial charge in [-0.15, -0.1) is 0 Å². The van der Waals surface area contributed by atoms with Crippen molar-refractivity contribution >= 4 is 28.5 Å². The number of ether oxygens (including phenoxy) is 1. The first kappa shape index (κ1) is 14.1. The van der Waals surface area contributed by atoms with Crippen molar-refractivity contribution in [1.82, 2.24) is 0 Å². The molecule has 0 aromatic heterocycles. The zero-order valence-corrected chi connectivity index (χ0v) is 12.1. The molecule has 0 aliphatic heterocycles. The maximum absolute atomic E-state index is 11.4. The number of esters is 1. The molecule has 2 aromatic rings. The predicted molar refractivity (Wildman–Crippen MR) is 83.9 cm³/mol. The summed E-state index contributed by atoms with van der Waals surface area (Å²) in [7, 11) is 4.05. The molecule has 0 spiro atoms. The van der Waals surface area contributed by atoms with Crippen LogP contribution in [0.15, 0.2) is 42.5 Å². The van der Waals surface area contributed by atoms with Gasteiger partial charge in [0.25, 0.3) is 0 Å². The van der Waals surface area contributed by atoms with Gasteiger partial charge in [0.05, 0.1) is 6.61 Å². The van der Waals surface area contributed by atoms with Gasteiger partial charge in [0.2, 0.25) is 0 Å². The van der Waals surface area contributed by atoms with Gasteiger partial charge in [0, 0.05) is 31.2 Å². The molecule has 20 heavy (non-hydrogen) atoms. The van der Waals surface area contributed by atoms with Gasteiger partial charge >= 0.3 is 5.97 Å². The zero-order valence-electron chi connectivity index (χ0n) is 12.1. The highest BCUT2D eigenvalue weighted by Gasteiger charge is 2.05. The summed E-state index contributed by atoms with van der Waals surface area (Å²) in [6, 6.07) is 12.3. The van der Waals surface area contributed by atoms with Gasteiger partial charge in [-0.3, -0.25) is 0 Å². The number of nitrogens with zero attached hydrogens (tertiary/aromatic N) is 1. The van der Waals surface area contributed by atoms with Crippen molar-refractivity contribution in [2.75, 3.05) is 25.6 Å². The molecule has 0 fully saturated rings. The van der Waals surface area contributed by atoms with E-state index in [0.717, 1.165) is 16.6 Å². The molecule has 0 radical (unpaired) electrons. The fourth-order valence-corrected chi connectivity index (χ4v) is 2.19. The van der Waals surface area contributed by atoms with Crippen molar-refractivity contribution < 1.29 is 9.53 Å². The monoisotopic (exact) mass is 269 g/mol. The Balaban J connectivity index is 2.46. The Bertz CT molecular complexity index is 644. The summed E-state index contributed by atoms with van der Waals surface area (Å²) in [5, 5.41) is 2.29. The standard InChI is InChI=1S/C17H19NO2/c1-4-20-17(19)12-10-13-9-11-16(18(2)3)15-8-6-5-7-14(13)15/h5-12H,4H2,1-3H3/b12-10+. The van der Waals surface area contributed by atoms with Gasteiger partial charge < -0.3 is 9.64 Å². The summed E-state index contributed by atoms with van der Waals surface area (Å²) in [4.78, 5) is 13.5. The van der Waals surface area contributed by atoms with Crippen LogP contribution in [-0.2, 0) is 9.53 Å². The summed E-state index contributed by atoms with van der Waals surface area (Å²) in [6.07, 6.45) is 3.28. The van der Waals surface area contributed by atoms with E-state index in [2.05, 4.69) is 23.1 Å². The fourth-order valence-electron chi connectivity index (χ4n) is 2.19.